The van der Waals surface area contributed by atoms with Gasteiger partial charge in [-0.25, -0.2) is 4.68 Å². The number of hydrogen-bond donors (Lipinski definition) is 0. The summed E-state index contributed by atoms with van der Waals surface area (Å²) in [5, 5.41) is 4.03. The van der Waals surface area contributed by atoms with Crippen LogP contribution < -0.4 is 4.74 Å². The predicted octanol–water partition coefficient (Wildman–Crippen LogP) is 4.46. The average Bonchev–Trinajstić information content (AvgIpc) is 2.67. The highest BCUT2D eigenvalue weighted by Crippen LogP contribution is 2.40. The second kappa shape index (κ2) is 6.17. The number of benzene rings is 1. The summed E-state index contributed by atoms with van der Waals surface area (Å²) in [6.45, 7) is -3.04. The van der Waals surface area contributed by atoms with E-state index in [1.165, 1.54) is 19.2 Å². The van der Waals surface area contributed by atoms with Gasteiger partial charge in [0.2, 0.25) is 5.88 Å². The number of halogens is 5. The zero-order chi connectivity index (χ0) is 15.7. The van der Waals surface area contributed by atoms with Crippen molar-refractivity contribution in [1.29, 1.82) is 0 Å². The van der Waals surface area contributed by atoms with E-state index in [0.29, 0.717) is 6.29 Å². The maximum atomic E-state index is 12.3. The Morgan fingerprint density at radius 2 is 1.95 bits per heavy atom. The van der Waals surface area contributed by atoms with Gasteiger partial charge in [0, 0.05) is 12.6 Å². The van der Waals surface area contributed by atoms with E-state index in [2.05, 4.69) is 9.84 Å². The van der Waals surface area contributed by atoms with Gasteiger partial charge in [-0.15, -0.1) is 0 Å². The number of carbonyl (C=O) groups is 1. The van der Waals surface area contributed by atoms with E-state index in [-0.39, 0.29) is 37.8 Å². The fourth-order valence-electron chi connectivity index (χ4n) is 1.73. The minimum Gasteiger partial charge on any atom is -0.416 e. The number of aryl methyl sites for hydroxylation is 1. The first-order valence-corrected chi connectivity index (χ1v) is 6.61. The number of rotatable bonds is 4. The summed E-state index contributed by atoms with van der Waals surface area (Å²) in [5.74, 6) is -0.305. The number of aromatic nitrogens is 2. The number of nitrogens with zero attached hydrogens (tertiary/aromatic N) is 2. The molecule has 1 heterocycles. The van der Waals surface area contributed by atoms with Crippen molar-refractivity contribution < 1.29 is 18.3 Å². The molecule has 0 bridgehead atoms. The minimum absolute atomic E-state index is 0.0288. The average molecular weight is 356 g/mol. The van der Waals surface area contributed by atoms with Gasteiger partial charge in [-0.05, 0) is 12.1 Å². The molecule has 0 aliphatic rings. The lowest BCUT2D eigenvalue weighted by Crippen LogP contribution is -2.06. The maximum Gasteiger partial charge on any atom is 0.388 e. The largest absolute Gasteiger partial charge is 0.416 e. The number of hydrogen-bond acceptors (Lipinski definition) is 3. The molecule has 0 fully saturated rings. The number of carbonyl (C=O) groups excluding carboxylic acids is 1. The molecule has 1 aromatic heterocycles. The summed E-state index contributed by atoms with van der Waals surface area (Å²) in [7, 11) is 1.39. The van der Waals surface area contributed by atoms with Gasteiger partial charge in [0.05, 0.1) is 15.6 Å². The summed E-state index contributed by atoms with van der Waals surface area (Å²) < 4.78 is 30.0. The Balaban J connectivity index is 2.61. The molecule has 0 saturated heterocycles. The van der Waals surface area contributed by atoms with Gasteiger partial charge in [-0.3, -0.25) is 4.79 Å². The fraction of sp³-hybridized carbons (Fsp3) is 0.167. The van der Waals surface area contributed by atoms with Crippen LogP contribution in [0.25, 0.3) is 11.3 Å². The molecule has 0 radical (unpaired) electrons. The van der Waals surface area contributed by atoms with E-state index in [9.17, 15) is 13.6 Å². The van der Waals surface area contributed by atoms with Gasteiger partial charge in [0.1, 0.15) is 10.7 Å². The highest BCUT2D eigenvalue weighted by Gasteiger charge is 2.23. The Labute approximate surface area is 133 Å². The van der Waals surface area contributed by atoms with Crippen molar-refractivity contribution in [2.24, 2.45) is 7.05 Å². The molecule has 0 atom stereocenters. The number of ether oxygens (including phenoxy) is 1. The third-order valence-corrected chi connectivity index (χ3v) is 3.72. The van der Waals surface area contributed by atoms with E-state index < -0.39 is 6.61 Å². The standard InChI is InChI=1S/C12H7Cl3F2N2O2/c1-19-11(21-12(16)17)9(15)10(18-19)5-2-3-7(13)6(4-20)8(5)14/h2-4,12H,1H3. The lowest BCUT2D eigenvalue weighted by molar-refractivity contribution is -0.0552. The summed E-state index contributed by atoms with van der Waals surface area (Å²) >= 11 is 17.9. The van der Waals surface area contributed by atoms with Crippen molar-refractivity contribution in [3.05, 3.63) is 32.8 Å². The highest BCUT2D eigenvalue weighted by molar-refractivity contribution is 6.41. The van der Waals surface area contributed by atoms with E-state index in [0.717, 1.165) is 4.68 Å². The summed E-state index contributed by atoms with van der Waals surface area (Å²) in [6.07, 6.45) is 0.488. The van der Waals surface area contributed by atoms with Crippen LogP contribution in [0.4, 0.5) is 8.78 Å². The molecule has 0 saturated carbocycles. The topological polar surface area (TPSA) is 44.1 Å². The van der Waals surface area contributed by atoms with Gasteiger partial charge in [0.25, 0.3) is 0 Å². The smallest absolute Gasteiger partial charge is 0.388 e. The second-order valence-electron chi connectivity index (χ2n) is 3.91. The van der Waals surface area contributed by atoms with Crippen LogP contribution in [0.3, 0.4) is 0 Å². The van der Waals surface area contributed by atoms with Gasteiger partial charge in [0.15, 0.2) is 6.29 Å². The number of alkyl halides is 2. The Bertz CT molecular complexity index is 704. The molecule has 2 rings (SSSR count). The highest BCUT2D eigenvalue weighted by atomic mass is 35.5. The van der Waals surface area contributed by atoms with Crippen molar-refractivity contribution in [3.63, 3.8) is 0 Å². The second-order valence-corrected chi connectivity index (χ2v) is 5.07. The quantitative estimate of drug-likeness (QED) is 0.761. The molecule has 0 unspecified atom stereocenters. The van der Waals surface area contributed by atoms with E-state index >= 15 is 0 Å². The lowest BCUT2D eigenvalue weighted by atomic mass is 10.1. The van der Waals surface area contributed by atoms with Gasteiger partial charge in [-0.2, -0.15) is 13.9 Å². The summed E-state index contributed by atoms with van der Waals surface area (Å²) in [5.41, 5.74) is 0.460. The molecular weight excluding hydrogens is 348 g/mol. The molecule has 112 valence electrons. The van der Waals surface area contributed by atoms with Gasteiger partial charge in [-0.1, -0.05) is 34.8 Å². The zero-order valence-corrected chi connectivity index (χ0v) is 12.7. The first-order valence-electron chi connectivity index (χ1n) is 5.47. The first-order chi connectivity index (χ1) is 9.86. The SMILES string of the molecule is Cn1nc(-c2ccc(Cl)c(C=O)c2Cl)c(Cl)c1OC(F)F. The fourth-order valence-corrected chi connectivity index (χ4v) is 2.58. The van der Waals surface area contributed by atoms with Crippen molar-refractivity contribution in [3.8, 4) is 17.1 Å². The van der Waals surface area contributed by atoms with Gasteiger partial charge >= 0.3 is 6.61 Å². The van der Waals surface area contributed by atoms with Crippen LogP contribution in [0.5, 0.6) is 5.88 Å². The van der Waals surface area contributed by atoms with E-state index in [1.807, 2.05) is 0 Å². The lowest BCUT2D eigenvalue weighted by Gasteiger charge is -2.06. The maximum absolute atomic E-state index is 12.3. The molecule has 2 aromatic rings. The molecular formula is C12H7Cl3F2N2O2. The van der Waals surface area contributed by atoms with Crippen molar-refractivity contribution in [2.75, 3.05) is 0 Å². The molecule has 9 heteroatoms. The molecule has 0 aliphatic carbocycles. The Morgan fingerprint density at radius 1 is 1.29 bits per heavy atom. The number of aldehydes is 1. The van der Waals surface area contributed by atoms with Crippen LogP contribution in [0.2, 0.25) is 15.1 Å². The van der Waals surface area contributed by atoms with Crippen molar-refractivity contribution >= 4 is 41.1 Å². The van der Waals surface area contributed by atoms with Crippen LogP contribution in [0.15, 0.2) is 12.1 Å². The predicted molar refractivity (Wildman–Crippen MR) is 75.7 cm³/mol. The Morgan fingerprint density at radius 3 is 2.52 bits per heavy atom. The van der Waals surface area contributed by atoms with Gasteiger partial charge < -0.3 is 4.74 Å². The summed E-state index contributed by atoms with van der Waals surface area (Å²) in [6, 6.07) is 2.92. The molecule has 0 aliphatic heterocycles. The van der Waals surface area contributed by atoms with Crippen LogP contribution in [0, 0.1) is 0 Å². The minimum atomic E-state index is -3.04. The normalized spacial score (nSPS) is 11.0. The molecule has 0 spiro atoms. The third-order valence-electron chi connectivity index (χ3n) is 2.64. The molecule has 1 aromatic carbocycles. The molecule has 21 heavy (non-hydrogen) atoms. The van der Waals surface area contributed by atoms with E-state index in [4.69, 9.17) is 34.8 Å². The van der Waals surface area contributed by atoms with Crippen LogP contribution in [0.1, 0.15) is 10.4 Å². The first kappa shape index (κ1) is 16.0. The Kier molecular flexibility index (Phi) is 4.70. The zero-order valence-electron chi connectivity index (χ0n) is 10.4. The summed E-state index contributed by atoms with van der Waals surface area (Å²) in [4.78, 5) is 11.0. The van der Waals surface area contributed by atoms with Crippen molar-refractivity contribution in [2.45, 2.75) is 6.61 Å². The van der Waals surface area contributed by atoms with Crippen molar-refractivity contribution in [1.82, 2.24) is 9.78 Å². The molecule has 0 amide bonds. The van der Waals surface area contributed by atoms with E-state index in [1.54, 1.807) is 0 Å². The Hall–Kier alpha value is -1.37. The van der Waals surface area contributed by atoms with Crippen LogP contribution >= 0.6 is 34.8 Å². The molecule has 4 nitrogen and oxygen atoms in total. The molecule has 0 N–H and O–H groups in total. The third kappa shape index (κ3) is 2.97. The van der Waals surface area contributed by atoms with Crippen LogP contribution in [-0.4, -0.2) is 22.7 Å². The monoisotopic (exact) mass is 354 g/mol. The van der Waals surface area contributed by atoms with Crippen LogP contribution in [-0.2, 0) is 7.05 Å².